The number of carbonyl (C=O) groups is 1. The first kappa shape index (κ1) is 12.7. The van der Waals surface area contributed by atoms with E-state index in [1.54, 1.807) is 0 Å². The largest absolute Gasteiger partial charge is 0.468 e. The average molecular weight is 221 g/mol. The molecule has 0 saturated heterocycles. The fraction of sp³-hybridized carbons (Fsp3) is 0.462. The maximum absolute atomic E-state index is 11.4. The van der Waals surface area contributed by atoms with Gasteiger partial charge in [0.25, 0.3) is 0 Å². The van der Waals surface area contributed by atoms with Crippen molar-refractivity contribution in [3.05, 3.63) is 35.9 Å². The van der Waals surface area contributed by atoms with Gasteiger partial charge in [-0.1, -0.05) is 37.3 Å². The maximum Gasteiger partial charge on any atom is 0.322 e. The third kappa shape index (κ3) is 3.35. The number of benzene rings is 1. The van der Waals surface area contributed by atoms with Crippen molar-refractivity contribution in [2.24, 2.45) is 0 Å². The smallest absolute Gasteiger partial charge is 0.322 e. The fourth-order valence-corrected chi connectivity index (χ4v) is 1.63. The van der Waals surface area contributed by atoms with Gasteiger partial charge in [0.15, 0.2) is 0 Å². The minimum atomic E-state index is -0.236. The quantitative estimate of drug-likeness (QED) is 0.775. The van der Waals surface area contributed by atoms with E-state index in [4.69, 9.17) is 4.74 Å². The van der Waals surface area contributed by atoms with Crippen LogP contribution in [0.5, 0.6) is 0 Å². The van der Waals surface area contributed by atoms with Gasteiger partial charge >= 0.3 is 5.97 Å². The Kier molecular flexibility index (Phi) is 4.99. The summed E-state index contributed by atoms with van der Waals surface area (Å²) in [6.07, 6.45) is 0.726. The summed E-state index contributed by atoms with van der Waals surface area (Å²) in [4.78, 5) is 11.4. The van der Waals surface area contributed by atoms with Crippen LogP contribution < -0.4 is 5.32 Å². The van der Waals surface area contributed by atoms with Crippen LogP contribution in [0, 0.1) is 0 Å². The Labute approximate surface area is 96.8 Å². The second-order valence-electron chi connectivity index (χ2n) is 3.78. The van der Waals surface area contributed by atoms with Crippen molar-refractivity contribution >= 4 is 5.97 Å². The highest BCUT2D eigenvalue weighted by molar-refractivity contribution is 5.75. The van der Waals surface area contributed by atoms with E-state index in [1.807, 2.05) is 44.2 Å². The van der Waals surface area contributed by atoms with Crippen LogP contribution >= 0.6 is 0 Å². The molecule has 0 spiro atoms. The van der Waals surface area contributed by atoms with Crippen molar-refractivity contribution < 1.29 is 9.53 Å². The van der Waals surface area contributed by atoms with E-state index in [-0.39, 0.29) is 18.1 Å². The highest BCUT2D eigenvalue weighted by Crippen LogP contribution is 2.13. The van der Waals surface area contributed by atoms with Crippen LogP contribution in [-0.2, 0) is 9.53 Å². The molecule has 1 aromatic rings. The van der Waals surface area contributed by atoms with Crippen LogP contribution in [0.2, 0.25) is 0 Å². The molecule has 0 saturated carbocycles. The van der Waals surface area contributed by atoms with Gasteiger partial charge in [-0.3, -0.25) is 10.1 Å². The molecule has 16 heavy (non-hydrogen) atoms. The summed E-state index contributed by atoms with van der Waals surface area (Å²) in [6, 6.07) is 9.96. The summed E-state index contributed by atoms with van der Waals surface area (Å²) >= 11 is 0. The molecule has 0 aliphatic rings. The molecular formula is C13H19NO2. The highest BCUT2D eigenvalue weighted by atomic mass is 16.5. The highest BCUT2D eigenvalue weighted by Gasteiger charge is 2.19. The van der Waals surface area contributed by atoms with Gasteiger partial charge in [-0.05, 0) is 18.9 Å². The van der Waals surface area contributed by atoms with Gasteiger partial charge in [-0.15, -0.1) is 0 Å². The van der Waals surface area contributed by atoms with Gasteiger partial charge in [-0.2, -0.15) is 0 Å². The molecular weight excluding hydrogens is 202 g/mol. The van der Waals surface area contributed by atoms with E-state index < -0.39 is 0 Å². The number of hydrogen-bond acceptors (Lipinski definition) is 3. The van der Waals surface area contributed by atoms with E-state index in [0.717, 1.165) is 6.42 Å². The number of esters is 1. The summed E-state index contributed by atoms with van der Waals surface area (Å²) in [7, 11) is 1.42. The Morgan fingerprint density at radius 1 is 1.38 bits per heavy atom. The van der Waals surface area contributed by atoms with Gasteiger partial charge in [0.2, 0.25) is 0 Å². The second kappa shape index (κ2) is 6.28. The molecule has 0 fully saturated rings. The van der Waals surface area contributed by atoms with Crippen LogP contribution in [0.1, 0.15) is 31.9 Å². The first-order valence-corrected chi connectivity index (χ1v) is 5.57. The molecule has 0 bridgehead atoms. The molecule has 0 aliphatic carbocycles. The zero-order valence-corrected chi connectivity index (χ0v) is 10.1. The Morgan fingerprint density at radius 2 is 2.00 bits per heavy atom. The lowest BCUT2D eigenvalue weighted by Gasteiger charge is -2.20. The first-order valence-electron chi connectivity index (χ1n) is 5.57. The van der Waals surface area contributed by atoms with Gasteiger partial charge in [0, 0.05) is 6.04 Å². The monoisotopic (exact) mass is 221 g/mol. The zero-order valence-electron chi connectivity index (χ0n) is 10.1. The van der Waals surface area contributed by atoms with E-state index >= 15 is 0 Å². The van der Waals surface area contributed by atoms with E-state index in [1.165, 1.54) is 12.7 Å². The van der Waals surface area contributed by atoms with Gasteiger partial charge < -0.3 is 4.74 Å². The number of rotatable bonds is 5. The van der Waals surface area contributed by atoms with Crippen molar-refractivity contribution in [3.8, 4) is 0 Å². The van der Waals surface area contributed by atoms with Crippen molar-refractivity contribution in [1.82, 2.24) is 5.32 Å². The Bertz CT molecular complexity index is 324. The molecule has 0 radical (unpaired) electrons. The summed E-state index contributed by atoms with van der Waals surface area (Å²) < 4.78 is 4.74. The van der Waals surface area contributed by atoms with E-state index in [2.05, 4.69) is 5.32 Å². The van der Waals surface area contributed by atoms with Crippen LogP contribution in [0.3, 0.4) is 0 Å². The van der Waals surface area contributed by atoms with Crippen LogP contribution in [0.4, 0.5) is 0 Å². The average Bonchev–Trinajstić information content (AvgIpc) is 2.35. The Hall–Kier alpha value is -1.35. The predicted octanol–water partition coefficient (Wildman–Crippen LogP) is 2.29. The second-order valence-corrected chi connectivity index (χ2v) is 3.78. The molecule has 0 heterocycles. The molecule has 2 atom stereocenters. The first-order chi connectivity index (χ1) is 7.69. The maximum atomic E-state index is 11.4. The van der Waals surface area contributed by atoms with E-state index in [9.17, 15) is 4.79 Å². The molecule has 1 unspecified atom stereocenters. The zero-order chi connectivity index (χ0) is 12.0. The molecule has 3 heteroatoms. The molecule has 0 aromatic heterocycles. The van der Waals surface area contributed by atoms with Crippen molar-refractivity contribution in [2.75, 3.05) is 7.11 Å². The number of carbonyl (C=O) groups excluding carboxylic acids is 1. The summed E-state index contributed by atoms with van der Waals surface area (Å²) in [5.74, 6) is -0.203. The lowest BCUT2D eigenvalue weighted by Crippen LogP contribution is -2.38. The molecule has 0 aliphatic heterocycles. The van der Waals surface area contributed by atoms with E-state index in [0.29, 0.717) is 0 Å². The van der Waals surface area contributed by atoms with Gasteiger partial charge in [0.05, 0.1) is 7.11 Å². The number of ether oxygens (including phenoxy) is 1. The third-order valence-electron chi connectivity index (χ3n) is 2.64. The summed E-state index contributed by atoms with van der Waals surface area (Å²) in [5, 5.41) is 3.26. The molecule has 1 aromatic carbocycles. The normalized spacial score (nSPS) is 14.2. The summed E-state index contributed by atoms with van der Waals surface area (Å²) in [5.41, 5.74) is 1.17. The predicted molar refractivity (Wildman–Crippen MR) is 64.1 cm³/mol. The molecule has 3 nitrogen and oxygen atoms in total. The van der Waals surface area contributed by atoms with Crippen LogP contribution in [-0.4, -0.2) is 19.1 Å². The minimum absolute atomic E-state index is 0.144. The third-order valence-corrected chi connectivity index (χ3v) is 2.64. The SMILES string of the molecule is CCC(N[C@@H](C)c1ccccc1)C(=O)OC. The van der Waals surface area contributed by atoms with Crippen molar-refractivity contribution in [1.29, 1.82) is 0 Å². The number of methoxy groups -OCH3 is 1. The van der Waals surface area contributed by atoms with Crippen LogP contribution in [0.15, 0.2) is 30.3 Å². The Morgan fingerprint density at radius 3 is 2.50 bits per heavy atom. The number of hydrogen-bond donors (Lipinski definition) is 1. The lowest BCUT2D eigenvalue weighted by molar-refractivity contribution is -0.143. The lowest BCUT2D eigenvalue weighted by atomic mass is 10.1. The van der Waals surface area contributed by atoms with Crippen molar-refractivity contribution in [2.45, 2.75) is 32.4 Å². The molecule has 88 valence electrons. The molecule has 1 rings (SSSR count). The summed E-state index contributed by atoms with van der Waals surface area (Å²) in [6.45, 7) is 4.01. The standard InChI is InChI=1S/C13H19NO2/c1-4-12(13(15)16-3)14-10(2)11-8-6-5-7-9-11/h5-10,12,14H,4H2,1-3H3/t10-,12?/m0/s1. The van der Waals surface area contributed by atoms with Crippen LogP contribution in [0.25, 0.3) is 0 Å². The fourth-order valence-electron chi connectivity index (χ4n) is 1.63. The van der Waals surface area contributed by atoms with Gasteiger partial charge in [0.1, 0.15) is 6.04 Å². The van der Waals surface area contributed by atoms with Gasteiger partial charge in [-0.25, -0.2) is 0 Å². The Balaban J connectivity index is 2.62. The molecule has 1 N–H and O–H groups in total. The minimum Gasteiger partial charge on any atom is -0.468 e. The number of nitrogens with one attached hydrogen (secondary N) is 1. The topological polar surface area (TPSA) is 38.3 Å². The molecule has 0 amide bonds. The van der Waals surface area contributed by atoms with Crippen molar-refractivity contribution in [3.63, 3.8) is 0 Å².